The van der Waals surface area contributed by atoms with E-state index in [2.05, 4.69) is 42.8 Å². The van der Waals surface area contributed by atoms with Crippen molar-refractivity contribution in [2.24, 2.45) is 0 Å². The van der Waals surface area contributed by atoms with E-state index in [1.54, 1.807) is 0 Å². The van der Waals surface area contributed by atoms with E-state index in [0.29, 0.717) is 12.1 Å². The SMILES string of the molecule is CC(C)NCc1cnn(C(C)C)c1C1CC1. The summed E-state index contributed by atoms with van der Waals surface area (Å²) in [4.78, 5) is 0. The first-order chi connectivity index (χ1) is 7.59. The maximum absolute atomic E-state index is 4.53. The average Bonchev–Trinajstić information content (AvgIpc) is 2.95. The fourth-order valence-corrected chi connectivity index (χ4v) is 2.08. The number of aromatic nitrogens is 2. The average molecular weight is 221 g/mol. The normalized spacial score (nSPS) is 16.4. The van der Waals surface area contributed by atoms with Gasteiger partial charge in [0.05, 0.1) is 6.20 Å². The molecule has 1 heterocycles. The molecular formula is C13H23N3. The van der Waals surface area contributed by atoms with E-state index in [1.807, 2.05) is 6.20 Å². The van der Waals surface area contributed by atoms with Crippen LogP contribution in [0.15, 0.2) is 6.20 Å². The highest BCUT2D eigenvalue weighted by atomic mass is 15.3. The Morgan fingerprint density at radius 3 is 2.56 bits per heavy atom. The van der Waals surface area contributed by atoms with Crippen LogP contribution in [-0.4, -0.2) is 15.8 Å². The minimum Gasteiger partial charge on any atom is -0.310 e. The predicted octanol–water partition coefficient (Wildman–Crippen LogP) is 2.84. The van der Waals surface area contributed by atoms with Gasteiger partial charge in [-0.25, -0.2) is 0 Å². The molecule has 1 aromatic rings. The zero-order valence-electron chi connectivity index (χ0n) is 10.8. The largest absolute Gasteiger partial charge is 0.310 e. The molecule has 1 aliphatic rings. The Labute approximate surface area is 98.2 Å². The third kappa shape index (κ3) is 2.46. The van der Waals surface area contributed by atoms with Gasteiger partial charge in [-0.2, -0.15) is 5.10 Å². The second kappa shape index (κ2) is 4.58. The van der Waals surface area contributed by atoms with Crippen LogP contribution in [-0.2, 0) is 6.54 Å². The van der Waals surface area contributed by atoms with Crippen molar-refractivity contribution in [2.45, 2.75) is 65.1 Å². The van der Waals surface area contributed by atoms with E-state index in [4.69, 9.17) is 0 Å². The number of hydrogen-bond acceptors (Lipinski definition) is 2. The first-order valence-electron chi connectivity index (χ1n) is 6.39. The molecule has 1 aromatic heterocycles. The number of nitrogens with zero attached hydrogens (tertiary/aromatic N) is 2. The highest BCUT2D eigenvalue weighted by Crippen LogP contribution is 2.42. The third-order valence-corrected chi connectivity index (χ3v) is 3.07. The summed E-state index contributed by atoms with van der Waals surface area (Å²) in [6, 6.07) is 1.01. The summed E-state index contributed by atoms with van der Waals surface area (Å²) in [6.45, 7) is 9.74. The van der Waals surface area contributed by atoms with Gasteiger partial charge in [-0.05, 0) is 26.7 Å². The first kappa shape index (κ1) is 11.6. The molecule has 1 N–H and O–H groups in total. The molecule has 1 fully saturated rings. The molecule has 0 amide bonds. The zero-order valence-corrected chi connectivity index (χ0v) is 10.8. The van der Waals surface area contributed by atoms with E-state index in [9.17, 15) is 0 Å². The molecule has 3 heteroatoms. The van der Waals surface area contributed by atoms with Gasteiger partial charge in [-0.3, -0.25) is 4.68 Å². The predicted molar refractivity (Wildman–Crippen MR) is 66.6 cm³/mol. The molecule has 0 spiro atoms. The molecule has 1 saturated carbocycles. The van der Waals surface area contributed by atoms with Crippen LogP contribution < -0.4 is 5.32 Å². The van der Waals surface area contributed by atoms with Gasteiger partial charge in [0.1, 0.15) is 0 Å². The lowest BCUT2D eigenvalue weighted by Gasteiger charge is -2.13. The lowest BCUT2D eigenvalue weighted by molar-refractivity contribution is 0.506. The highest BCUT2D eigenvalue weighted by molar-refractivity contribution is 5.26. The van der Waals surface area contributed by atoms with E-state index in [0.717, 1.165) is 12.5 Å². The molecule has 1 aliphatic carbocycles. The standard InChI is InChI=1S/C13H23N3/c1-9(2)14-7-12-8-15-16(10(3)4)13(12)11-5-6-11/h8-11,14H,5-7H2,1-4H3. The number of hydrogen-bond donors (Lipinski definition) is 1. The fraction of sp³-hybridized carbons (Fsp3) is 0.769. The maximum atomic E-state index is 4.53. The summed E-state index contributed by atoms with van der Waals surface area (Å²) >= 11 is 0. The van der Waals surface area contributed by atoms with Crippen LogP contribution in [0.3, 0.4) is 0 Å². The Balaban J connectivity index is 2.17. The Morgan fingerprint density at radius 1 is 1.38 bits per heavy atom. The number of nitrogens with one attached hydrogen (secondary N) is 1. The van der Waals surface area contributed by atoms with E-state index in [1.165, 1.54) is 24.1 Å². The summed E-state index contributed by atoms with van der Waals surface area (Å²) in [7, 11) is 0. The fourth-order valence-electron chi connectivity index (χ4n) is 2.08. The van der Waals surface area contributed by atoms with Crippen molar-refractivity contribution in [1.29, 1.82) is 0 Å². The van der Waals surface area contributed by atoms with Crippen LogP contribution in [0.5, 0.6) is 0 Å². The highest BCUT2D eigenvalue weighted by Gasteiger charge is 2.30. The monoisotopic (exact) mass is 221 g/mol. The Bertz CT molecular complexity index is 348. The van der Waals surface area contributed by atoms with Crippen molar-refractivity contribution < 1.29 is 0 Å². The number of rotatable bonds is 5. The maximum Gasteiger partial charge on any atom is 0.0537 e. The van der Waals surface area contributed by atoms with Crippen LogP contribution in [0.1, 0.15) is 63.8 Å². The van der Waals surface area contributed by atoms with E-state index >= 15 is 0 Å². The minimum atomic E-state index is 0.475. The molecule has 0 aliphatic heterocycles. The molecule has 0 aromatic carbocycles. The molecule has 16 heavy (non-hydrogen) atoms. The summed E-state index contributed by atoms with van der Waals surface area (Å²) < 4.78 is 2.20. The minimum absolute atomic E-state index is 0.475. The molecule has 2 rings (SSSR count). The van der Waals surface area contributed by atoms with Crippen molar-refractivity contribution in [3.63, 3.8) is 0 Å². The summed E-state index contributed by atoms with van der Waals surface area (Å²) in [5.74, 6) is 0.772. The van der Waals surface area contributed by atoms with E-state index < -0.39 is 0 Å². The van der Waals surface area contributed by atoms with Crippen molar-refractivity contribution in [3.05, 3.63) is 17.5 Å². The van der Waals surface area contributed by atoms with Gasteiger partial charge in [0.15, 0.2) is 0 Å². The zero-order chi connectivity index (χ0) is 11.7. The van der Waals surface area contributed by atoms with Crippen molar-refractivity contribution >= 4 is 0 Å². The topological polar surface area (TPSA) is 29.9 Å². The molecule has 3 nitrogen and oxygen atoms in total. The molecule has 90 valence electrons. The second-order valence-electron chi connectivity index (χ2n) is 5.40. The van der Waals surface area contributed by atoms with Gasteiger partial charge in [0, 0.05) is 35.8 Å². The molecule has 0 saturated heterocycles. The van der Waals surface area contributed by atoms with Crippen molar-refractivity contribution in [1.82, 2.24) is 15.1 Å². The van der Waals surface area contributed by atoms with Gasteiger partial charge < -0.3 is 5.32 Å². The van der Waals surface area contributed by atoms with E-state index in [-0.39, 0.29) is 0 Å². The first-order valence-corrected chi connectivity index (χ1v) is 6.39. The lowest BCUT2D eigenvalue weighted by Crippen LogP contribution is -2.22. The van der Waals surface area contributed by atoms with Crippen molar-refractivity contribution in [2.75, 3.05) is 0 Å². The summed E-state index contributed by atoms with van der Waals surface area (Å²) in [6.07, 6.45) is 4.73. The molecular weight excluding hydrogens is 198 g/mol. The van der Waals surface area contributed by atoms with Crippen molar-refractivity contribution in [3.8, 4) is 0 Å². The lowest BCUT2D eigenvalue weighted by atomic mass is 10.1. The van der Waals surface area contributed by atoms with Gasteiger partial charge in [-0.15, -0.1) is 0 Å². The van der Waals surface area contributed by atoms with Crippen LogP contribution in [0.4, 0.5) is 0 Å². The van der Waals surface area contributed by atoms with Gasteiger partial charge >= 0.3 is 0 Å². The molecule has 0 unspecified atom stereocenters. The Hall–Kier alpha value is -0.830. The van der Waals surface area contributed by atoms with Gasteiger partial charge in [-0.1, -0.05) is 13.8 Å². The third-order valence-electron chi connectivity index (χ3n) is 3.07. The quantitative estimate of drug-likeness (QED) is 0.828. The van der Waals surface area contributed by atoms with Crippen LogP contribution in [0, 0.1) is 0 Å². The summed E-state index contributed by atoms with van der Waals surface area (Å²) in [5.41, 5.74) is 2.87. The molecule has 0 atom stereocenters. The second-order valence-corrected chi connectivity index (χ2v) is 5.40. The van der Waals surface area contributed by atoms with Gasteiger partial charge in [0.2, 0.25) is 0 Å². The Morgan fingerprint density at radius 2 is 2.06 bits per heavy atom. The summed E-state index contributed by atoms with van der Waals surface area (Å²) in [5, 5.41) is 8.02. The van der Waals surface area contributed by atoms with Gasteiger partial charge in [0.25, 0.3) is 0 Å². The Kier molecular flexibility index (Phi) is 3.33. The molecule has 0 bridgehead atoms. The van der Waals surface area contributed by atoms with Crippen LogP contribution >= 0.6 is 0 Å². The van der Waals surface area contributed by atoms with Crippen LogP contribution in [0.2, 0.25) is 0 Å². The molecule has 0 radical (unpaired) electrons. The van der Waals surface area contributed by atoms with Crippen LogP contribution in [0.25, 0.3) is 0 Å². The smallest absolute Gasteiger partial charge is 0.0537 e.